The van der Waals surface area contributed by atoms with E-state index in [0.717, 1.165) is 25.1 Å². The number of hydrogen-bond acceptors (Lipinski definition) is 4. The number of hydrogen-bond donors (Lipinski definition) is 0. The summed E-state index contributed by atoms with van der Waals surface area (Å²) in [7, 11) is 0. The maximum absolute atomic E-state index is 13.2. The number of carbonyl (C=O) groups excluding carboxylic acids is 2. The molecule has 2 amide bonds. The van der Waals surface area contributed by atoms with Gasteiger partial charge in [-0.05, 0) is 42.5 Å². The van der Waals surface area contributed by atoms with Crippen molar-refractivity contribution >= 4 is 17.5 Å². The van der Waals surface area contributed by atoms with Gasteiger partial charge in [0.15, 0.2) is 0 Å². The Balaban J connectivity index is 1.39. The average molecular weight is 391 g/mol. The molecule has 0 N–H and O–H groups in total. The lowest BCUT2D eigenvalue weighted by molar-refractivity contribution is -0.123. The van der Waals surface area contributed by atoms with Crippen molar-refractivity contribution in [2.45, 2.75) is 44.7 Å². The van der Waals surface area contributed by atoms with Crippen LogP contribution >= 0.6 is 0 Å². The van der Waals surface area contributed by atoms with Crippen LogP contribution in [0.15, 0.2) is 47.3 Å². The Kier molecular flexibility index (Phi) is 4.39. The topological polar surface area (TPSA) is 62.6 Å². The minimum atomic E-state index is -0.402. The first-order chi connectivity index (χ1) is 14.0. The van der Waals surface area contributed by atoms with Crippen LogP contribution in [0.5, 0.6) is 0 Å². The van der Waals surface area contributed by atoms with Crippen molar-refractivity contribution in [3.63, 3.8) is 0 Å². The standard InChI is InChI=1S/C23H25N3O3/c1-2-15-6-8-18(9-7-15)26-22(28)11-20(23(26)29)24-12-16-10-17(14-24)19-4-3-5-21(27)25(19)13-16/h3-9,16-17,20H,2,10-14H2,1H3. The number of imide groups is 1. The van der Waals surface area contributed by atoms with Gasteiger partial charge in [-0.15, -0.1) is 0 Å². The van der Waals surface area contributed by atoms with Crippen molar-refractivity contribution in [1.82, 2.24) is 9.47 Å². The second-order valence-corrected chi connectivity index (χ2v) is 8.46. The molecule has 1 aromatic heterocycles. The first-order valence-corrected chi connectivity index (χ1v) is 10.4. The van der Waals surface area contributed by atoms with Gasteiger partial charge in [0.1, 0.15) is 0 Å². The van der Waals surface area contributed by atoms with Crippen LogP contribution in [0.1, 0.15) is 36.9 Å². The van der Waals surface area contributed by atoms with Crippen LogP contribution in [0.4, 0.5) is 5.69 Å². The van der Waals surface area contributed by atoms with Crippen molar-refractivity contribution < 1.29 is 9.59 Å². The molecule has 4 heterocycles. The van der Waals surface area contributed by atoms with E-state index in [-0.39, 0.29) is 29.7 Å². The number of piperidine rings is 1. The lowest BCUT2D eigenvalue weighted by atomic mass is 9.82. The molecular weight excluding hydrogens is 366 g/mol. The van der Waals surface area contributed by atoms with Gasteiger partial charge in [0.05, 0.1) is 18.2 Å². The van der Waals surface area contributed by atoms with E-state index in [9.17, 15) is 14.4 Å². The summed E-state index contributed by atoms with van der Waals surface area (Å²) in [6.07, 6.45) is 2.19. The quantitative estimate of drug-likeness (QED) is 0.753. The second kappa shape index (κ2) is 6.95. The second-order valence-electron chi connectivity index (χ2n) is 8.46. The zero-order valence-electron chi connectivity index (χ0n) is 16.6. The minimum absolute atomic E-state index is 0.0551. The van der Waals surface area contributed by atoms with E-state index >= 15 is 0 Å². The first-order valence-electron chi connectivity index (χ1n) is 10.4. The van der Waals surface area contributed by atoms with Gasteiger partial charge in [-0.25, -0.2) is 4.90 Å². The van der Waals surface area contributed by atoms with Gasteiger partial charge in [-0.3, -0.25) is 19.3 Å². The lowest BCUT2D eigenvalue weighted by Gasteiger charge is -2.44. The Labute approximate surface area is 169 Å². The van der Waals surface area contributed by atoms with E-state index in [1.165, 1.54) is 10.5 Å². The third-order valence-corrected chi connectivity index (χ3v) is 6.67. The maximum atomic E-state index is 13.2. The highest BCUT2D eigenvalue weighted by Crippen LogP contribution is 2.37. The highest BCUT2D eigenvalue weighted by Gasteiger charge is 2.46. The summed E-state index contributed by atoms with van der Waals surface area (Å²) in [5.41, 5.74) is 2.96. The fourth-order valence-corrected chi connectivity index (χ4v) is 5.24. The van der Waals surface area contributed by atoms with Crippen LogP contribution in [-0.2, 0) is 22.6 Å². The van der Waals surface area contributed by atoms with Crippen molar-refractivity contribution in [1.29, 1.82) is 0 Å². The van der Waals surface area contributed by atoms with E-state index < -0.39 is 6.04 Å². The van der Waals surface area contributed by atoms with E-state index in [2.05, 4.69) is 11.8 Å². The van der Waals surface area contributed by atoms with E-state index in [1.54, 1.807) is 6.07 Å². The van der Waals surface area contributed by atoms with E-state index in [4.69, 9.17) is 0 Å². The number of aromatic nitrogens is 1. The number of rotatable bonds is 3. The Bertz CT molecular complexity index is 1030. The van der Waals surface area contributed by atoms with E-state index in [0.29, 0.717) is 24.7 Å². The molecule has 2 saturated heterocycles. The highest BCUT2D eigenvalue weighted by molar-refractivity contribution is 6.22. The summed E-state index contributed by atoms with van der Waals surface area (Å²) in [5.74, 6) is 0.320. The third kappa shape index (κ3) is 3.02. The number of benzene rings is 1. The van der Waals surface area contributed by atoms with Gasteiger partial charge >= 0.3 is 0 Å². The van der Waals surface area contributed by atoms with Gasteiger partial charge in [-0.1, -0.05) is 25.1 Å². The number of carbonyl (C=O) groups is 2. The molecule has 3 aliphatic heterocycles. The molecule has 2 aromatic rings. The lowest BCUT2D eigenvalue weighted by Crippen LogP contribution is -2.52. The Morgan fingerprint density at radius 1 is 0.966 bits per heavy atom. The zero-order valence-corrected chi connectivity index (χ0v) is 16.6. The zero-order chi connectivity index (χ0) is 20.1. The van der Waals surface area contributed by atoms with E-state index in [1.807, 2.05) is 41.0 Å². The smallest absolute Gasteiger partial charge is 0.251 e. The number of pyridine rings is 1. The molecule has 5 rings (SSSR count). The third-order valence-electron chi connectivity index (χ3n) is 6.67. The van der Waals surface area contributed by atoms with Crippen molar-refractivity contribution in [3.05, 3.63) is 64.1 Å². The van der Waals surface area contributed by atoms with Crippen LogP contribution in [0.3, 0.4) is 0 Å². The SMILES string of the molecule is CCc1ccc(N2C(=O)CC(N3CC4CC(C3)c3cccc(=O)n3C4)C2=O)cc1. The highest BCUT2D eigenvalue weighted by atomic mass is 16.2. The average Bonchev–Trinajstić information content (AvgIpc) is 3.03. The van der Waals surface area contributed by atoms with Gasteiger partial charge < -0.3 is 4.57 Å². The summed E-state index contributed by atoms with van der Waals surface area (Å²) in [6, 6.07) is 12.7. The molecular formula is C23H25N3O3. The summed E-state index contributed by atoms with van der Waals surface area (Å²) in [4.78, 5) is 41.7. The molecule has 6 heteroatoms. The molecule has 3 aliphatic rings. The van der Waals surface area contributed by atoms with Crippen LogP contribution in [-0.4, -0.2) is 40.4 Å². The molecule has 150 valence electrons. The predicted molar refractivity (Wildman–Crippen MR) is 110 cm³/mol. The number of nitrogens with zero attached hydrogens (tertiary/aromatic N) is 3. The number of aryl methyl sites for hydroxylation is 1. The fraction of sp³-hybridized carbons (Fsp3) is 0.435. The van der Waals surface area contributed by atoms with Crippen molar-refractivity contribution in [2.24, 2.45) is 5.92 Å². The monoisotopic (exact) mass is 391 g/mol. The fourth-order valence-electron chi connectivity index (χ4n) is 5.24. The summed E-state index contributed by atoms with van der Waals surface area (Å²) in [6.45, 7) is 4.24. The molecule has 6 nitrogen and oxygen atoms in total. The van der Waals surface area contributed by atoms with Gasteiger partial charge in [0.25, 0.3) is 11.5 Å². The van der Waals surface area contributed by atoms with Gasteiger partial charge in [0.2, 0.25) is 5.91 Å². The molecule has 0 spiro atoms. The molecule has 0 saturated carbocycles. The van der Waals surface area contributed by atoms with Gasteiger partial charge in [0, 0.05) is 37.3 Å². The Morgan fingerprint density at radius 3 is 2.52 bits per heavy atom. The van der Waals surface area contributed by atoms with Crippen LogP contribution in [0.2, 0.25) is 0 Å². The summed E-state index contributed by atoms with van der Waals surface area (Å²) >= 11 is 0. The van der Waals surface area contributed by atoms with Crippen molar-refractivity contribution in [2.75, 3.05) is 18.0 Å². The molecule has 3 atom stereocenters. The van der Waals surface area contributed by atoms with Crippen LogP contribution in [0, 0.1) is 5.92 Å². The molecule has 2 fully saturated rings. The Hall–Kier alpha value is -2.73. The molecule has 0 aliphatic carbocycles. The molecule has 1 aromatic carbocycles. The Morgan fingerprint density at radius 2 is 1.76 bits per heavy atom. The van der Waals surface area contributed by atoms with Gasteiger partial charge in [-0.2, -0.15) is 0 Å². The van der Waals surface area contributed by atoms with Crippen molar-refractivity contribution in [3.8, 4) is 0 Å². The normalized spacial score (nSPS) is 26.7. The largest absolute Gasteiger partial charge is 0.312 e. The summed E-state index contributed by atoms with van der Waals surface area (Å²) < 4.78 is 1.89. The minimum Gasteiger partial charge on any atom is -0.312 e. The summed E-state index contributed by atoms with van der Waals surface area (Å²) in [5, 5.41) is 0. The molecule has 0 radical (unpaired) electrons. The first kappa shape index (κ1) is 18.3. The maximum Gasteiger partial charge on any atom is 0.251 e. The molecule has 2 bridgehead atoms. The number of fused-ring (bicyclic) bond motifs is 4. The number of anilines is 1. The van der Waals surface area contributed by atoms with Crippen LogP contribution in [0.25, 0.3) is 0 Å². The van der Waals surface area contributed by atoms with Crippen LogP contribution < -0.4 is 10.5 Å². The number of likely N-dealkylation sites (tertiary alicyclic amines) is 1. The number of amides is 2. The molecule has 3 unspecified atom stereocenters. The molecule has 29 heavy (non-hydrogen) atoms. The predicted octanol–water partition coefficient (Wildman–Crippen LogP) is 2.16.